The van der Waals surface area contributed by atoms with Crippen molar-refractivity contribution < 1.29 is 14.3 Å². The molecule has 1 aromatic heterocycles. The fourth-order valence-corrected chi connectivity index (χ4v) is 2.71. The van der Waals surface area contributed by atoms with Crippen molar-refractivity contribution in [2.45, 2.75) is 6.92 Å². The number of nitrogens with zero attached hydrogens (tertiary/aromatic N) is 2. The van der Waals surface area contributed by atoms with Gasteiger partial charge in [-0.1, -0.05) is 42.5 Å². The molecule has 0 spiro atoms. The molecule has 5 heteroatoms. The monoisotopic (exact) mass is 348 g/mol. The predicted molar refractivity (Wildman–Crippen MR) is 102 cm³/mol. The predicted octanol–water partition coefficient (Wildman–Crippen LogP) is 4.15. The van der Waals surface area contributed by atoms with Gasteiger partial charge in [0.15, 0.2) is 0 Å². The summed E-state index contributed by atoms with van der Waals surface area (Å²) < 4.78 is 12.0. The molecular weight excluding hydrogens is 328 g/mol. The molecule has 0 aliphatic heterocycles. The van der Waals surface area contributed by atoms with Gasteiger partial charge >= 0.3 is 5.97 Å². The van der Waals surface area contributed by atoms with Crippen LogP contribution in [0.3, 0.4) is 0 Å². The minimum Gasteiger partial charge on any atom is -0.496 e. The second-order valence-corrected chi connectivity index (χ2v) is 5.70. The molecule has 1 heterocycles. The van der Waals surface area contributed by atoms with Crippen LogP contribution in [0.1, 0.15) is 27.2 Å². The topological polar surface area (TPSA) is 53.4 Å². The summed E-state index contributed by atoms with van der Waals surface area (Å²) in [6.45, 7) is 1.95. The Morgan fingerprint density at radius 1 is 1.00 bits per heavy atom. The Bertz CT molecular complexity index is 943. The highest BCUT2D eigenvalue weighted by Crippen LogP contribution is 2.25. The van der Waals surface area contributed by atoms with Crippen molar-refractivity contribution in [1.29, 1.82) is 0 Å². The first-order valence-corrected chi connectivity index (χ1v) is 8.19. The molecule has 0 aliphatic carbocycles. The molecule has 26 heavy (non-hydrogen) atoms. The molecule has 0 fully saturated rings. The van der Waals surface area contributed by atoms with Gasteiger partial charge in [-0.15, -0.1) is 0 Å². The van der Waals surface area contributed by atoms with Crippen LogP contribution in [-0.2, 0) is 4.74 Å². The van der Waals surface area contributed by atoms with Crippen molar-refractivity contribution in [1.82, 2.24) is 9.78 Å². The average Bonchev–Trinajstić information content (AvgIpc) is 3.06. The van der Waals surface area contributed by atoms with Gasteiger partial charge < -0.3 is 9.47 Å². The Morgan fingerprint density at radius 3 is 2.42 bits per heavy atom. The molecule has 2 aromatic carbocycles. The lowest BCUT2D eigenvalue weighted by molar-refractivity contribution is 0.0597. The fourth-order valence-electron chi connectivity index (χ4n) is 2.71. The molecule has 132 valence electrons. The summed E-state index contributed by atoms with van der Waals surface area (Å²) in [5, 5.41) is 4.55. The number of rotatable bonds is 5. The van der Waals surface area contributed by atoms with Gasteiger partial charge in [-0.3, -0.25) is 0 Å². The van der Waals surface area contributed by atoms with Crippen LogP contribution in [0.4, 0.5) is 0 Å². The number of carbonyl (C=O) groups excluding carboxylic acids is 1. The quantitative estimate of drug-likeness (QED) is 0.650. The number of benzene rings is 2. The summed E-state index contributed by atoms with van der Waals surface area (Å²) >= 11 is 0. The van der Waals surface area contributed by atoms with Gasteiger partial charge in [0.2, 0.25) is 0 Å². The summed E-state index contributed by atoms with van der Waals surface area (Å²) in [4.78, 5) is 12.1. The summed E-state index contributed by atoms with van der Waals surface area (Å²) in [6.07, 6.45) is 5.76. The lowest BCUT2D eigenvalue weighted by Gasteiger charge is -2.09. The zero-order chi connectivity index (χ0) is 18.5. The van der Waals surface area contributed by atoms with E-state index in [9.17, 15) is 4.79 Å². The van der Waals surface area contributed by atoms with Crippen molar-refractivity contribution in [2.24, 2.45) is 0 Å². The molecule has 0 unspecified atom stereocenters. The largest absolute Gasteiger partial charge is 0.496 e. The molecule has 5 nitrogen and oxygen atoms in total. The lowest BCUT2D eigenvalue weighted by Crippen LogP contribution is -2.06. The highest BCUT2D eigenvalue weighted by molar-refractivity contribution is 5.97. The third-order valence-corrected chi connectivity index (χ3v) is 4.07. The van der Waals surface area contributed by atoms with Crippen LogP contribution >= 0.6 is 0 Å². The Labute approximate surface area is 152 Å². The molecule has 3 rings (SSSR count). The number of methoxy groups -OCH3 is 2. The molecular formula is C21H20N2O3. The SMILES string of the molecule is COC(=O)c1c(C=Cc2cn(-c3ccccc3)nc2C)cccc1OC. The van der Waals surface area contributed by atoms with E-state index in [0.717, 1.165) is 22.5 Å². The van der Waals surface area contributed by atoms with Crippen LogP contribution in [0.25, 0.3) is 17.8 Å². The zero-order valence-electron chi connectivity index (χ0n) is 15.0. The van der Waals surface area contributed by atoms with Gasteiger partial charge in [0, 0.05) is 11.8 Å². The van der Waals surface area contributed by atoms with Gasteiger partial charge in [-0.25, -0.2) is 9.48 Å². The van der Waals surface area contributed by atoms with Gasteiger partial charge in [0.1, 0.15) is 11.3 Å². The first kappa shape index (κ1) is 17.5. The van der Waals surface area contributed by atoms with E-state index < -0.39 is 5.97 Å². The van der Waals surface area contributed by atoms with Crippen molar-refractivity contribution in [3.63, 3.8) is 0 Å². The van der Waals surface area contributed by atoms with E-state index in [1.807, 2.05) is 72.4 Å². The third kappa shape index (κ3) is 3.52. The van der Waals surface area contributed by atoms with Crippen molar-refractivity contribution in [3.05, 3.63) is 77.1 Å². The number of hydrogen-bond donors (Lipinski definition) is 0. The first-order valence-electron chi connectivity index (χ1n) is 8.19. The maximum Gasteiger partial charge on any atom is 0.342 e. The highest BCUT2D eigenvalue weighted by atomic mass is 16.5. The number of para-hydroxylation sites is 1. The molecule has 0 N–H and O–H groups in total. The zero-order valence-corrected chi connectivity index (χ0v) is 15.0. The standard InChI is InChI=1S/C21H20N2O3/c1-15-17(14-23(22-15)18-9-5-4-6-10-18)13-12-16-8-7-11-19(25-2)20(16)21(24)26-3/h4-14H,1-3H3. The molecule has 0 aliphatic rings. The number of carbonyl (C=O) groups is 1. The van der Waals surface area contributed by atoms with Gasteiger partial charge in [0.05, 0.1) is 25.6 Å². The smallest absolute Gasteiger partial charge is 0.342 e. The van der Waals surface area contributed by atoms with Gasteiger partial charge in [0.25, 0.3) is 0 Å². The van der Waals surface area contributed by atoms with Crippen LogP contribution in [-0.4, -0.2) is 30.0 Å². The second-order valence-electron chi connectivity index (χ2n) is 5.70. The van der Waals surface area contributed by atoms with E-state index >= 15 is 0 Å². The van der Waals surface area contributed by atoms with Crippen LogP contribution in [0, 0.1) is 6.92 Å². The van der Waals surface area contributed by atoms with E-state index in [4.69, 9.17) is 9.47 Å². The maximum absolute atomic E-state index is 12.1. The van der Waals surface area contributed by atoms with Crippen molar-refractivity contribution in [2.75, 3.05) is 14.2 Å². The van der Waals surface area contributed by atoms with E-state index in [0.29, 0.717) is 11.3 Å². The van der Waals surface area contributed by atoms with E-state index in [2.05, 4.69) is 5.10 Å². The number of ether oxygens (including phenoxy) is 2. The minimum absolute atomic E-state index is 0.404. The molecule has 0 saturated heterocycles. The Hall–Kier alpha value is -3.34. The summed E-state index contributed by atoms with van der Waals surface area (Å²) in [6, 6.07) is 15.3. The Kier molecular flexibility index (Phi) is 5.17. The molecule has 0 atom stereocenters. The van der Waals surface area contributed by atoms with E-state index in [1.54, 1.807) is 6.07 Å². The molecule has 0 radical (unpaired) electrons. The first-order chi connectivity index (χ1) is 12.6. The van der Waals surface area contributed by atoms with Gasteiger partial charge in [-0.05, 0) is 30.7 Å². The number of aryl methyl sites for hydroxylation is 1. The third-order valence-electron chi connectivity index (χ3n) is 4.07. The minimum atomic E-state index is -0.432. The fraction of sp³-hybridized carbons (Fsp3) is 0.143. The molecule has 0 amide bonds. The normalized spacial score (nSPS) is 10.9. The van der Waals surface area contributed by atoms with Crippen molar-refractivity contribution >= 4 is 18.1 Å². The summed E-state index contributed by atoms with van der Waals surface area (Å²) in [7, 11) is 2.89. The summed E-state index contributed by atoms with van der Waals surface area (Å²) in [5.41, 5.74) is 3.98. The lowest BCUT2D eigenvalue weighted by atomic mass is 10.0. The molecule has 0 saturated carbocycles. The Balaban J connectivity index is 1.96. The molecule has 3 aromatic rings. The Morgan fingerprint density at radius 2 is 1.73 bits per heavy atom. The van der Waals surface area contributed by atoms with E-state index in [1.165, 1.54) is 14.2 Å². The maximum atomic E-state index is 12.1. The number of aromatic nitrogens is 2. The second kappa shape index (κ2) is 7.70. The van der Waals surface area contributed by atoms with Crippen LogP contribution in [0.15, 0.2) is 54.7 Å². The summed E-state index contributed by atoms with van der Waals surface area (Å²) in [5.74, 6) is 0.0505. The number of hydrogen-bond acceptors (Lipinski definition) is 4. The van der Waals surface area contributed by atoms with Crippen molar-refractivity contribution in [3.8, 4) is 11.4 Å². The number of esters is 1. The average molecular weight is 348 g/mol. The van der Waals surface area contributed by atoms with Crippen LogP contribution in [0.5, 0.6) is 5.75 Å². The van der Waals surface area contributed by atoms with Gasteiger partial charge in [-0.2, -0.15) is 5.10 Å². The molecule has 0 bridgehead atoms. The highest BCUT2D eigenvalue weighted by Gasteiger charge is 2.16. The van der Waals surface area contributed by atoms with E-state index in [-0.39, 0.29) is 0 Å². The van der Waals surface area contributed by atoms with Crippen LogP contribution < -0.4 is 4.74 Å². The van der Waals surface area contributed by atoms with Crippen LogP contribution in [0.2, 0.25) is 0 Å².